The van der Waals surface area contributed by atoms with E-state index in [1.807, 2.05) is 0 Å². The lowest BCUT2D eigenvalue weighted by Crippen LogP contribution is -2.31. The van der Waals surface area contributed by atoms with Gasteiger partial charge in [-0.25, -0.2) is 9.97 Å². The zero-order valence-corrected chi connectivity index (χ0v) is 9.96. The standard InChI is InChI=1S/C13H9F3N2O2/c14-13(15,16)9-3-1-8(2-4-9)11(12(19)20)10-5-6-17-7-18-10/h1-7,11H,(H,19,20)/p-1. The van der Waals surface area contributed by atoms with Crippen LogP contribution in [0.3, 0.4) is 0 Å². The summed E-state index contributed by atoms with van der Waals surface area (Å²) in [7, 11) is 0. The maximum absolute atomic E-state index is 12.5. The summed E-state index contributed by atoms with van der Waals surface area (Å²) in [6.07, 6.45) is -1.96. The first-order valence-electron chi connectivity index (χ1n) is 5.53. The van der Waals surface area contributed by atoms with Gasteiger partial charge in [0.25, 0.3) is 0 Å². The average molecular weight is 281 g/mol. The molecule has 1 heterocycles. The second-order valence-electron chi connectivity index (χ2n) is 4.01. The third-order valence-electron chi connectivity index (χ3n) is 2.71. The molecule has 0 amide bonds. The van der Waals surface area contributed by atoms with E-state index in [0.29, 0.717) is 0 Å². The van der Waals surface area contributed by atoms with Crippen LogP contribution < -0.4 is 5.11 Å². The Kier molecular flexibility index (Phi) is 3.69. The molecule has 1 atom stereocenters. The van der Waals surface area contributed by atoms with E-state index in [1.54, 1.807) is 0 Å². The number of carboxylic acid groups (broad SMARTS) is 1. The highest BCUT2D eigenvalue weighted by molar-refractivity contribution is 5.77. The van der Waals surface area contributed by atoms with Crippen molar-refractivity contribution in [2.45, 2.75) is 12.1 Å². The number of carboxylic acids is 1. The van der Waals surface area contributed by atoms with Crippen LogP contribution in [0.25, 0.3) is 0 Å². The summed E-state index contributed by atoms with van der Waals surface area (Å²) >= 11 is 0. The van der Waals surface area contributed by atoms with Crippen LogP contribution in [0.4, 0.5) is 13.2 Å². The van der Waals surface area contributed by atoms with Gasteiger partial charge in [0.05, 0.1) is 23.1 Å². The van der Waals surface area contributed by atoms with Crippen LogP contribution in [0.15, 0.2) is 42.9 Å². The molecule has 0 saturated carbocycles. The fourth-order valence-electron chi connectivity index (χ4n) is 1.76. The molecule has 0 aliphatic rings. The van der Waals surface area contributed by atoms with Gasteiger partial charge < -0.3 is 9.90 Å². The molecular formula is C13H8F3N2O2-. The third-order valence-corrected chi connectivity index (χ3v) is 2.71. The summed E-state index contributed by atoms with van der Waals surface area (Å²) in [5, 5.41) is 11.2. The number of hydrogen-bond donors (Lipinski definition) is 0. The number of halogens is 3. The number of aromatic nitrogens is 2. The molecule has 0 spiro atoms. The molecule has 20 heavy (non-hydrogen) atoms. The van der Waals surface area contributed by atoms with Crippen molar-refractivity contribution in [3.05, 3.63) is 59.7 Å². The lowest BCUT2D eigenvalue weighted by molar-refractivity contribution is -0.306. The molecule has 0 saturated heterocycles. The first-order valence-corrected chi connectivity index (χ1v) is 5.53. The molecule has 4 nitrogen and oxygen atoms in total. The Hall–Kier alpha value is -2.44. The smallest absolute Gasteiger partial charge is 0.416 e. The molecule has 0 fully saturated rings. The van der Waals surface area contributed by atoms with Crippen molar-refractivity contribution < 1.29 is 23.1 Å². The van der Waals surface area contributed by atoms with E-state index in [0.717, 1.165) is 30.6 Å². The first-order chi connectivity index (χ1) is 9.39. The maximum atomic E-state index is 12.5. The van der Waals surface area contributed by atoms with Gasteiger partial charge in [0, 0.05) is 6.20 Å². The van der Waals surface area contributed by atoms with E-state index in [-0.39, 0.29) is 11.3 Å². The number of alkyl halides is 3. The molecule has 7 heteroatoms. The summed E-state index contributed by atoms with van der Waals surface area (Å²) in [6.45, 7) is 0. The van der Waals surface area contributed by atoms with Crippen molar-refractivity contribution in [1.29, 1.82) is 0 Å². The largest absolute Gasteiger partial charge is 0.549 e. The number of rotatable bonds is 3. The van der Waals surface area contributed by atoms with E-state index in [4.69, 9.17) is 0 Å². The maximum Gasteiger partial charge on any atom is 0.416 e. The Morgan fingerprint density at radius 2 is 1.80 bits per heavy atom. The number of carbonyl (C=O) groups excluding carboxylic acids is 1. The Morgan fingerprint density at radius 1 is 1.15 bits per heavy atom. The summed E-state index contributed by atoms with van der Waals surface area (Å²) in [4.78, 5) is 18.6. The molecule has 2 aromatic rings. The van der Waals surface area contributed by atoms with E-state index >= 15 is 0 Å². The Labute approximate surface area is 111 Å². The summed E-state index contributed by atoms with van der Waals surface area (Å²) in [5.41, 5.74) is -0.530. The van der Waals surface area contributed by atoms with Crippen molar-refractivity contribution in [2.24, 2.45) is 0 Å². The van der Waals surface area contributed by atoms with Gasteiger partial charge in [-0.2, -0.15) is 13.2 Å². The van der Waals surface area contributed by atoms with E-state index in [2.05, 4.69) is 9.97 Å². The molecular weight excluding hydrogens is 273 g/mol. The van der Waals surface area contributed by atoms with Crippen LogP contribution >= 0.6 is 0 Å². The zero-order chi connectivity index (χ0) is 14.8. The van der Waals surface area contributed by atoms with Crippen LogP contribution in [0, 0.1) is 0 Å². The minimum Gasteiger partial charge on any atom is -0.549 e. The minimum absolute atomic E-state index is 0.153. The highest BCUT2D eigenvalue weighted by Gasteiger charge is 2.30. The first kappa shape index (κ1) is 14.0. The van der Waals surface area contributed by atoms with E-state index in [1.165, 1.54) is 12.3 Å². The van der Waals surface area contributed by atoms with Crippen LogP contribution in [0.1, 0.15) is 22.7 Å². The second-order valence-corrected chi connectivity index (χ2v) is 4.01. The number of carbonyl (C=O) groups is 1. The summed E-state index contributed by atoms with van der Waals surface area (Å²) in [6, 6.07) is 5.23. The second kappa shape index (κ2) is 5.28. The van der Waals surface area contributed by atoms with Gasteiger partial charge in [-0.1, -0.05) is 12.1 Å². The summed E-state index contributed by atoms with van der Waals surface area (Å²) in [5.74, 6) is -2.68. The van der Waals surface area contributed by atoms with Crippen LogP contribution in [-0.2, 0) is 11.0 Å². The van der Waals surface area contributed by atoms with E-state index < -0.39 is 23.6 Å². The minimum atomic E-state index is -4.47. The predicted molar refractivity (Wildman–Crippen MR) is 60.3 cm³/mol. The van der Waals surface area contributed by atoms with Gasteiger partial charge in [0.2, 0.25) is 0 Å². The van der Waals surface area contributed by atoms with E-state index in [9.17, 15) is 23.1 Å². The van der Waals surface area contributed by atoms with Crippen LogP contribution in [0.5, 0.6) is 0 Å². The Morgan fingerprint density at radius 3 is 2.25 bits per heavy atom. The van der Waals surface area contributed by atoms with Gasteiger partial charge in [0.15, 0.2) is 0 Å². The molecule has 0 N–H and O–H groups in total. The Balaban J connectivity index is 2.39. The highest BCUT2D eigenvalue weighted by Crippen LogP contribution is 2.31. The van der Waals surface area contributed by atoms with Crippen molar-refractivity contribution in [1.82, 2.24) is 9.97 Å². The molecule has 0 radical (unpaired) electrons. The van der Waals surface area contributed by atoms with Gasteiger partial charge in [-0.15, -0.1) is 0 Å². The highest BCUT2D eigenvalue weighted by atomic mass is 19.4. The van der Waals surface area contributed by atoms with Crippen LogP contribution in [0.2, 0.25) is 0 Å². The topological polar surface area (TPSA) is 65.9 Å². The van der Waals surface area contributed by atoms with Crippen molar-refractivity contribution >= 4 is 5.97 Å². The molecule has 1 unspecified atom stereocenters. The third kappa shape index (κ3) is 2.93. The molecule has 1 aromatic carbocycles. The fourth-order valence-corrected chi connectivity index (χ4v) is 1.76. The van der Waals surface area contributed by atoms with Crippen LogP contribution in [-0.4, -0.2) is 15.9 Å². The normalized spacial score (nSPS) is 12.9. The number of nitrogens with zero attached hydrogens (tertiary/aromatic N) is 2. The van der Waals surface area contributed by atoms with Crippen molar-refractivity contribution in [3.8, 4) is 0 Å². The Bertz CT molecular complexity index is 597. The predicted octanol–water partition coefficient (Wildman–Crippen LogP) is 1.38. The monoisotopic (exact) mass is 281 g/mol. The van der Waals surface area contributed by atoms with Gasteiger partial charge >= 0.3 is 6.18 Å². The number of hydrogen-bond acceptors (Lipinski definition) is 4. The quantitative estimate of drug-likeness (QED) is 0.852. The SMILES string of the molecule is O=C([O-])C(c1ccc(C(F)(F)F)cc1)c1ccncn1. The molecule has 0 bridgehead atoms. The zero-order valence-electron chi connectivity index (χ0n) is 9.96. The lowest BCUT2D eigenvalue weighted by atomic mass is 9.94. The van der Waals surface area contributed by atoms with Gasteiger partial charge in [-0.3, -0.25) is 0 Å². The lowest BCUT2D eigenvalue weighted by Gasteiger charge is -2.18. The molecule has 104 valence electrons. The fraction of sp³-hybridized carbons (Fsp3) is 0.154. The van der Waals surface area contributed by atoms with Gasteiger partial charge in [0.1, 0.15) is 6.33 Å². The molecule has 0 aliphatic heterocycles. The van der Waals surface area contributed by atoms with Gasteiger partial charge in [-0.05, 0) is 23.8 Å². The molecule has 0 aliphatic carbocycles. The van der Waals surface area contributed by atoms with Crippen molar-refractivity contribution in [2.75, 3.05) is 0 Å². The average Bonchev–Trinajstić information content (AvgIpc) is 2.39. The summed E-state index contributed by atoms with van der Waals surface area (Å²) < 4.78 is 37.4. The molecule has 1 aromatic heterocycles. The van der Waals surface area contributed by atoms with Crippen molar-refractivity contribution in [3.63, 3.8) is 0 Å². The molecule has 2 rings (SSSR count). The number of benzene rings is 1. The number of aliphatic carboxylic acids is 1.